The smallest absolute Gasteiger partial charge is 0.223 e. The Labute approximate surface area is 139 Å². The molecular weight excluding hydrogens is 312 g/mol. The SMILES string of the molecule is COc1ccc(-c2nc(CCC(=O)N3CCOCC3)cs2)cc1. The van der Waals surface area contributed by atoms with Crippen molar-refractivity contribution in [3.8, 4) is 16.3 Å². The largest absolute Gasteiger partial charge is 0.497 e. The minimum atomic E-state index is 0.187. The Morgan fingerprint density at radius 1 is 1.30 bits per heavy atom. The fourth-order valence-corrected chi connectivity index (χ4v) is 3.35. The number of thiazole rings is 1. The van der Waals surface area contributed by atoms with Gasteiger partial charge in [-0.3, -0.25) is 4.79 Å². The van der Waals surface area contributed by atoms with Crippen molar-refractivity contribution in [3.05, 3.63) is 35.3 Å². The van der Waals surface area contributed by atoms with Crippen molar-refractivity contribution in [2.45, 2.75) is 12.8 Å². The van der Waals surface area contributed by atoms with Crippen LogP contribution in [0.3, 0.4) is 0 Å². The molecule has 0 aliphatic carbocycles. The molecule has 6 heteroatoms. The highest BCUT2D eigenvalue weighted by Crippen LogP contribution is 2.26. The first-order valence-electron chi connectivity index (χ1n) is 7.70. The Balaban J connectivity index is 1.57. The lowest BCUT2D eigenvalue weighted by molar-refractivity contribution is -0.135. The van der Waals surface area contributed by atoms with E-state index in [1.54, 1.807) is 18.4 Å². The van der Waals surface area contributed by atoms with Gasteiger partial charge in [-0.1, -0.05) is 0 Å². The van der Waals surface area contributed by atoms with Crippen molar-refractivity contribution < 1.29 is 14.3 Å². The molecule has 1 fully saturated rings. The number of ether oxygens (including phenoxy) is 2. The maximum absolute atomic E-state index is 12.2. The Kier molecular flexibility index (Phi) is 5.25. The normalized spacial score (nSPS) is 14.7. The Bertz CT molecular complexity index is 648. The molecule has 0 spiro atoms. The first kappa shape index (κ1) is 16.0. The van der Waals surface area contributed by atoms with Crippen molar-refractivity contribution in [1.29, 1.82) is 0 Å². The van der Waals surface area contributed by atoms with Gasteiger partial charge in [0.2, 0.25) is 5.91 Å². The van der Waals surface area contributed by atoms with Gasteiger partial charge in [-0.25, -0.2) is 4.98 Å². The Morgan fingerprint density at radius 3 is 2.74 bits per heavy atom. The molecule has 0 radical (unpaired) electrons. The zero-order valence-corrected chi connectivity index (χ0v) is 14.0. The van der Waals surface area contributed by atoms with E-state index in [2.05, 4.69) is 4.98 Å². The number of rotatable bonds is 5. The number of aromatic nitrogens is 1. The van der Waals surface area contributed by atoms with Crippen LogP contribution in [0.15, 0.2) is 29.6 Å². The average molecular weight is 332 g/mol. The highest BCUT2D eigenvalue weighted by Gasteiger charge is 2.17. The van der Waals surface area contributed by atoms with Crippen LogP contribution in [-0.4, -0.2) is 49.2 Å². The molecule has 1 amide bonds. The molecular formula is C17H20N2O3S. The van der Waals surface area contributed by atoms with Gasteiger partial charge in [0.15, 0.2) is 0 Å². The molecule has 2 aromatic rings. The van der Waals surface area contributed by atoms with Crippen molar-refractivity contribution in [2.75, 3.05) is 33.4 Å². The molecule has 1 saturated heterocycles. The number of hydrogen-bond donors (Lipinski definition) is 0. The van der Waals surface area contributed by atoms with E-state index in [1.165, 1.54) is 0 Å². The van der Waals surface area contributed by atoms with Gasteiger partial charge in [-0.15, -0.1) is 11.3 Å². The molecule has 5 nitrogen and oxygen atoms in total. The maximum atomic E-state index is 12.2. The lowest BCUT2D eigenvalue weighted by Crippen LogP contribution is -2.40. The summed E-state index contributed by atoms with van der Waals surface area (Å²) in [4.78, 5) is 18.7. The fourth-order valence-electron chi connectivity index (χ4n) is 2.49. The van der Waals surface area contributed by atoms with Crippen LogP contribution in [0.4, 0.5) is 0 Å². The van der Waals surface area contributed by atoms with E-state index in [0.29, 0.717) is 39.1 Å². The number of methoxy groups -OCH3 is 1. The summed E-state index contributed by atoms with van der Waals surface area (Å²) >= 11 is 1.61. The first-order valence-corrected chi connectivity index (χ1v) is 8.58. The van der Waals surface area contributed by atoms with Crippen molar-refractivity contribution in [3.63, 3.8) is 0 Å². The third-order valence-corrected chi connectivity index (χ3v) is 4.79. The van der Waals surface area contributed by atoms with Gasteiger partial charge in [0.1, 0.15) is 10.8 Å². The number of morpholine rings is 1. The summed E-state index contributed by atoms with van der Waals surface area (Å²) < 4.78 is 10.4. The highest BCUT2D eigenvalue weighted by atomic mass is 32.1. The molecule has 1 aromatic carbocycles. The number of benzene rings is 1. The second-order valence-electron chi connectivity index (χ2n) is 5.37. The predicted octanol–water partition coefficient (Wildman–Crippen LogP) is 2.61. The summed E-state index contributed by atoms with van der Waals surface area (Å²) in [5, 5.41) is 3.01. The van der Waals surface area contributed by atoms with Crippen LogP contribution in [-0.2, 0) is 16.0 Å². The number of hydrogen-bond acceptors (Lipinski definition) is 5. The van der Waals surface area contributed by atoms with Crippen LogP contribution in [0.1, 0.15) is 12.1 Å². The van der Waals surface area contributed by atoms with Crippen LogP contribution in [0.2, 0.25) is 0 Å². The van der Waals surface area contributed by atoms with Crippen LogP contribution >= 0.6 is 11.3 Å². The minimum absolute atomic E-state index is 0.187. The molecule has 1 aliphatic heterocycles. The fraction of sp³-hybridized carbons (Fsp3) is 0.412. The highest BCUT2D eigenvalue weighted by molar-refractivity contribution is 7.13. The molecule has 2 heterocycles. The number of amides is 1. The molecule has 0 bridgehead atoms. The Morgan fingerprint density at radius 2 is 2.04 bits per heavy atom. The third kappa shape index (κ3) is 4.09. The molecule has 122 valence electrons. The van der Waals surface area contributed by atoms with Crippen LogP contribution in [0.5, 0.6) is 5.75 Å². The monoisotopic (exact) mass is 332 g/mol. The molecule has 1 aromatic heterocycles. The number of aryl methyl sites for hydroxylation is 1. The summed E-state index contributed by atoms with van der Waals surface area (Å²) in [6.07, 6.45) is 1.19. The average Bonchev–Trinajstić information content (AvgIpc) is 3.09. The lowest BCUT2D eigenvalue weighted by atomic mass is 10.2. The summed E-state index contributed by atoms with van der Waals surface area (Å²) in [5.74, 6) is 1.02. The van der Waals surface area contributed by atoms with E-state index in [9.17, 15) is 4.79 Å². The van der Waals surface area contributed by atoms with Crippen LogP contribution in [0, 0.1) is 0 Å². The van der Waals surface area contributed by atoms with E-state index in [1.807, 2.05) is 34.5 Å². The summed E-state index contributed by atoms with van der Waals surface area (Å²) in [6.45, 7) is 2.69. The summed E-state index contributed by atoms with van der Waals surface area (Å²) in [5.41, 5.74) is 2.05. The summed E-state index contributed by atoms with van der Waals surface area (Å²) in [7, 11) is 1.65. The van der Waals surface area contributed by atoms with Crippen molar-refractivity contribution in [1.82, 2.24) is 9.88 Å². The predicted molar refractivity (Wildman–Crippen MR) is 89.8 cm³/mol. The topological polar surface area (TPSA) is 51.7 Å². The van der Waals surface area contributed by atoms with Gasteiger partial charge in [-0.2, -0.15) is 0 Å². The number of carbonyl (C=O) groups excluding carboxylic acids is 1. The minimum Gasteiger partial charge on any atom is -0.497 e. The van der Waals surface area contributed by atoms with E-state index in [0.717, 1.165) is 22.0 Å². The van der Waals surface area contributed by atoms with Gasteiger partial charge in [0.05, 0.1) is 26.0 Å². The molecule has 0 atom stereocenters. The maximum Gasteiger partial charge on any atom is 0.223 e. The molecule has 23 heavy (non-hydrogen) atoms. The molecule has 0 unspecified atom stereocenters. The zero-order valence-electron chi connectivity index (χ0n) is 13.2. The first-order chi connectivity index (χ1) is 11.3. The van der Waals surface area contributed by atoms with Gasteiger partial charge >= 0.3 is 0 Å². The van der Waals surface area contributed by atoms with Gasteiger partial charge in [0, 0.05) is 30.5 Å². The second kappa shape index (κ2) is 7.57. The van der Waals surface area contributed by atoms with Gasteiger partial charge in [-0.05, 0) is 30.7 Å². The molecule has 1 aliphatic rings. The standard InChI is InChI=1S/C17H20N2O3S/c1-21-15-5-2-13(3-6-15)17-18-14(12-23-17)4-7-16(20)19-8-10-22-11-9-19/h2-3,5-6,12H,4,7-11H2,1H3. The molecule has 0 N–H and O–H groups in total. The van der Waals surface area contributed by atoms with E-state index >= 15 is 0 Å². The van der Waals surface area contributed by atoms with E-state index in [-0.39, 0.29) is 5.91 Å². The van der Waals surface area contributed by atoms with Crippen LogP contribution in [0.25, 0.3) is 10.6 Å². The van der Waals surface area contributed by atoms with E-state index < -0.39 is 0 Å². The number of nitrogens with zero attached hydrogens (tertiary/aromatic N) is 2. The van der Waals surface area contributed by atoms with E-state index in [4.69, 9.17) is 9.47 Å². The summed E-state index contributed by atoms with van der Waals surface area (Å²) in [6, 6.07) is 7.86. The Hall–Kier alpha value is -1.92. The van der Waals surface area contributed by atoms with Crippen LogP contribution < -0.4 is 4.74 Å². The lowest BCUT2D eigenvalue weighted by Gasteiger charge is -2.26. The van der Waals surface area contributed by atoms with Crippen molar-refractivity contribution in [2.24, 2.45) is 0 Å². The van der Waals surface area contributed by atoms with Gasteiger partial charge < -0.3 is 14.4 Å². The second-order valence-corrected chi connectivity index (χ2v) is 6.22. The zero-order chi connectivity index (χ0) is 16.1. The quantitative estimate of drug-likeness (QED) is 0.844. The number of carbonyl (C=O) groups is 1. The third-order valence-electron chi connectivity index (χ3n) is 3.85. The van der Waals surface area contributed by atoms with Gasteiger partial charge in [0.25, 0.3) is 0 Å². The molecule has 3 rings (SSSR count). The van der Waals surface area contributed by atoms with Crippen molar-refractivity contribution >= 4 is 17.2 Å². The molecule has 0 saturated carbocycles.